The zero-order valence-electron chi connectivity index (χ0n) is 13.6. The molecule has 2 aliphatic rings. The highest BCUT2D eigenvalue weighted by molar-refractivity contribution is 5.93. The number of aromatic nitrogens is 1. The number of amides is 2. The summed E-state index contributed by atoms with van der Waals surface area (Å²) in [6.45, 7) is 6.46. The second-order valence-corrected chi connectivity index (χ2v) is 6.65. The Morgan fingerprint density at radius 1 is 1.43 bits per heavy atom. The lowest BCUT2D eigenvalue weighted by molar-refractivity contribution is -0.134. The molecule has 0 spiro atoms. The molecule has 1 aromatic rings. The number of ether oxygens (including phenoxy) is 1. The fourth-order valence-corrected chi connectivity index (χ4v) is 3.38. The van der Waals surface area contributed by atoms with Gasteiger partial charge in [-0.1, -0.05) is 13.8 Å². The maximum absolute atomic E-state index is 12.1. The van der Waals surface area contributed by atoms with Crippen molar-refractivity contribution in [2.45, 2.75) is 20.0 Å². The lowest BCUT2D eigenvalue weighted by Gasteiger charge is -2.21. The van der Waals surface area contributed by atoms with E-state index in [0.717, 1.165) is 6.54 Å². The molecule has 2 saturated heterocycles. The quantitative estimate of drug-likeness (QED) is 0.897. The maximum Gasteiger partial charge on any atom is 0.252 e. The number of nitrogens with one attached hydrogen (secondary N) is 1. The monoisotopic (exact) mass is 317 g/mol. The van der Waals surface area contributed by atoms with Crippen LogP contribution in [0.5, 0.6) is 0 Å². The van der Waals surface area contributed by atoms with Crippen LogP contribution in [0.25, 0.3) is 0 Å². The van der Waals surface area contributed by atoms with Gasteiger partial charge in [-0.15, -0.1) is 0 Å². The first-order chi connectivity index (χ1) is 11.1. The van der Waals surface area contributed by atoms with Crippen LogP contribution < -0.4 is 5.32 Å². The van der Waals surface area contributed by atoms with E-state index < -0.39 is 0 Å². The Labute approximate surface area is 136 Å². The van der Waals surface area contributed by atoms with Crippen LogP contribution in [0.1, 0.15) is 24.2 Å². The molecular formula is C17H23N3O3. The molecule has 6 nitrogen and oxygen atoms in total. The molecule has 3 heterocycles. The summed E-state index contributed by atoms with van der Waals surface area (Å²) in [5.74, 6) is 0.644. The third-order valence-corrected chi connectivity index (χ3v) is 4.69. The Balaban J connectivity index is 1.54. The molecule has 2 amide bonds. The number of rotatable bonds is 4. The van der Waals surface area contributed by atoms with Crippen LogP contribution in [0.2, 0.25) is 0 Å². The molecule has 124 valence electrons. The van der Waals surface area contributed by atoms with Gasteiger partial charge in [-0.3, -0.25) is 14.6 Å². The number of pyridine rings is 1. The van der Waals surface area contributed by atoms with Crippen molar-refractivity contribution in [3.8, 4) is 0 Å². The van der Waals surface area contributed by atoms with E-state index in [-0.39, 0.29) is 29.8 Å². The number of nitrogens with zero attached hydrogens (tertiary/aromatic N) is 2. The first-order valence-electron chi connectivity index (χ1n) is 8.15. The highest BCUT2D eigenvalue weighted by Crippen LogP contribution is 2.33. The number of fused-ring (bicyclic) bond motifs is 1. The minimum Gasteiger partial charge on any atom is -0.376 e. The second-order valence-electron chi connectivity index (χ2n) is 6.65. The molecular weight excluding hydrogens is 294 g/mol. The van der Waals surface area contributed by atoms with E-state index >= 15 is 0 Å². The number of hydrogen-bond donors (Lipinski definition) is 1. The maximum atomic E-state index is 12.1. The normalized spacial score (nSPS) is 26.4. The Morgan fingerprint density at radius 3 is 2.96 bits per heavy atom. The summed E-state index contributed by atoms with van der Waals surface area (Å²) in [6.07, 6.45) is 3.31. The SMILES string of the molecule is CC(C)C(=O)N1C[C@@H]2[C@@H](CNC(=O)c3cccnc3)CO[C@@H]2C1. The van der Waals surface area contributed by atoms with Gasteiger partial charge in [-0.2, -0.15) is 0 Å². The van der Waals surface area contributed by atoms with Crippen LogP contribution in [-0.4, -0.2) is 54.0 Å². The molecule has 1 N–H and O–H groups in total. The molecule has 23 heavy (non-hydrogen) atoms. The van der Waals surface area contributed by atoms with E-state index in [0.29, 0.717) is 31.2 Å². The number of carbonyl (C=O) groups excluding carboxylic acids is 2. The van der Waals surface area contributed by atoms with Gasteiger partial charge in [0, 0.05) is 49.8 Å². The highest BCUT2D eigenvalue weighted by atomic mass is 16.5. The van der Waals surface area contributed by atoms with Crippen LogP contribution in [-0.2, 0) is 9.53 Å². The van der Waals surface area contributed by atoms with Crippen molar-refractivity contribution in [1.82, 2.24) is 15.2 Å². The molecule has 2 fully saturated rings. The van der Waals surface area contributed by atoms with Crippen LogP contribution in [0.4, 0.5) is 0 Å². The predicted octanol–water partition coefficient (Wildman–Crippen LogP) is 0.941. The standard InChI is InChI=1S/C17H23N3O3/c1-11(2)17(22)20-8-14-13(10-23-15(14)9-20)7-19-16(21)12-4-3-5-18-6-12/h3-6,11,13-15H,7-10H2,1-2H3,(H,19,21)/t13-,14+,15+/m0/s1. The zero-order valence-corrected chi connectivity index (χ0v) is 13.6. The first kappa shape index (κ1) is 15.9. The Bertz CT molecular complexity index is 576. The van der Waals surface area contributed by atoms with E-state index in [2.05, 4.69) is 10.3 Å². The van der Waals surface area contributed by atoms with Crippen LogP contribution in [0, 0.1) is 17.8 Å². The van der Waals surface area contributed by atoms with E-state index in [1.807, 2.05) is 18.7 Å². The van der Waals surface area contributed by atoms with Crippen molar-refractivity contribution in [1.29, 1.82) is 0 Å². The van der Waals surface area contributed by atoms with Gasteiger partial charge in [-0.05, 0) is 12.1 Å². The van der Waals surface area contributed by atoms with Crippen LogP contribution in [0.3, 0.4) is 0 Å². The van der Waals surface area contributed by atoms with Gasteiger partial charge in [-0.25, -0.2) is 0 Å². The van der Waals surface area contributed by atoms with Gasteiger partial charge in [0.2, 0.25) is 5.91 Å². The van der Waals surface area contributed by atoms with Gasteiger partial charge < -0.3 is 15.0 Å². The average Bonchev–Trinajstić information content (AvgIpc) is 3.13. The van der Waals surface area contributed by atoms with E-state index in [9.17, 15) is 9.59 Å². The molecule has 0 radical (unpaired) electrons. The van der Waals surface area contributed by atoms with Gasteiger partial charge in [0.25, 0.3) is 5.91 Å². The number of carbonyl (C=O) groups is 2. The first-order valence-corrected chi connectivity index (χ1v) is 8.15. The summed E-state index contributed by atoms with van der Waals surface area (Å²) in [5.41, 5.74) is 0.561. The molecule has 0 unspecified atom stereocenters. The fraction of sp³-hybridized carbons (Fsp3) is 0.588. The lowest BCUT2D eigenvalue weighted by atomic mass is 9.93. The lowest BCUT2D eigenvalue weighted by Crippen LogP contribution is -2.36. The molecule has 0 aliphatic carbocycles. The molecule has 3 rings (SSSR count). The van der Waals surface area contributed by atoms with E-state index in [1.54, 1.807) is 24.5 Å². The Kier molecular flexibility index (Phi) is 4.61. The number of likely N-dealkylation sites (tertiary alicyclic amines) is 1. The topological polar surface area (TPSA) is 71.5 Å². The summed E-state index contributed by atoms with van der Waals surface area (Å²) in [7, 11) is 0. The minimum atomic E-state index is -0.116. The highest BCUT2D eigenvalue weighted by Gasteiger charge is 2.45. The third kappa shape index (κ3) is 3.37. The summed E-state index contributed by atoms with van der Waals surface area (Å²) < 4.78 is 5.83. The molecule has 0 bridgehead atoms. The van der Waals surface area contributed by atoms with Crippen molar-refractivity contribution in [3.05, 3.63) is 30.1 Å². The third-order valence-electron chi connectivity index (χ3n) is 4.69. The average molecular weight is 317 g/mol. The Hall–Kier alpha value is -1.95. The van der Waals surface area contributed by atoms with Gasteiger partial charge in [0.1, 0.15) is 0 Å². The van der Waals surface area contributed by atoms with E-state index in [4.69, 9.17) is 4.74 Å². The molecule has 0 saturated carbocycles. The van der Waals surface area contributed by atoms with Crippen LogP contribution in [0.15, 0.2) is 24.5 Å². The van der Waals surface area contributed by atoms with Crippen molar-refractivity contribution in [3.63, 3.8) is 0 Å². The van der Waals surface area contributed by atoms with Crippen molar-refractivity contribution in [2.24, 2.45) is 17.8 Å². The summed E-state index contributed by atoms with van der Waals surface area (Å²) in [4.78, 5) is 30.1. The summed E-state index contributed by atoms with van der Waals surface area (Å²) in [6, 6.07) is 3.49. The smallest absolute Gasteiger partial charge is 0.252 e. The van der Waals surface area contributed by atoms with Gasteiger partial charge in [0.05, 0.1) is 18.3 Å². The van der Waals surface area contributed by atoms with Crippen molar-refractivity contribution >= 4 is 11.8 Å². The largest absolute Gasteiger partial charge is 0.376 e. The fourth-order valence-electron chi connectivity index (χ4n) is 3.38. The van der Waals surface area contributed by atoms with E-state index in [1.165, 1.54) is 0 Å². The zero-order chi connectivity index (χ0) is 16.4. The predicted molar refractivity (Wildman–Crippen MR) is 84.7 cm³/mol. The molecule has 2 aliphatic heterocycles. The molecule has 1 aromatic heterocycles. The van der Waals surface area contributed by atoms with Gasteiger partial charge in [0.15, 0.2) is 0 Å². The Morgan fingerprint density at radius 2 is 2.26 bits per heavy atom. The molecule has 6 heteroatoms. The van der Waals surface area contributed by atoms with Crippen LogP contribution >= 0.6 is 0 Å². The summed E-state index contributed by atoms with van der Waals surface area (Å²) >= 11 is 0. The second kappa shape index (κ2) is 6.66. The number of hydrogen-bond acceptors (Lipinski definition) is 4. The van der Waals surface area contributed by atoms with Gasteiger partial charge >= 0.3 is 0 Å². The van der Waals surface area contributed by atoms with Crippen molar-refractivity contribution in [2.75, 3.05) is 26.2 Å². The minimum absolute atomic E-state index is 0.0116. The molecule has 3 atom stereocenters. The molecule has 0 aromatic carbocycles. The van der Waals surface area contributed by atoms with Crippen molar-refractivity contribution < 1.29 is 14.3 Å². The summed E-state index contributed by atoms with van der Waals surface area (Å²) in [5, 5.41) is 2.96.